The van der Waals surface area contributed by atoms with Crippen molar-refractivity contribution in [1.29, 1.82) is 0 Å². The van der Waals surface area contributed by atoms with Crippen LogP contribution in [-0.4, -0.2) is 84.4 Å². The third kappa shape index (κ3) is 3.88. The number of pyridine rings is 1. The Kier molecular flexibility index (Phi) is 5.09. The third-order valence-corrected chi connectivity index (χ3v) is 7.29. The van der Waals surface area contributed by atoms with Crippen LogP contribution in [0.1, 0.15) is 25.7 Å². The van der Waals surface area contributed by atoms with E-state index in [1.54, 1.807) is 11.1 Å². The third-order valence-electron chi connectivity index (χ3n) is 5.99. The van der Waals surface area contributed by atoms with Crippen LogP contribution in [0.25, 0.3) is 0 Å². The average Bonchev–Trinajstić information content (AvgIpc) is 2.93. The number of carbonyl (C=O) groups is 1. The zero-order chi connectivity index (χ0) is 19.9. The number of aromatic nitrogens is 1. The van der Waals surface area contributed by atoms with Crippen LogP contribution >= 0.6 is 0 Å². The molecule has 1 aromatic heterocycles. The fourth-order valence-electron chi connectivity index (χ4n) is 4.61. The van der Waals surface area contributed by atoms with Crippen molar-refractivity contribution in [1.82, 2.24) is 14.2 Å². The van der Waals surface area contributed by atoms with Crippen LogP contribution < -0.4 is 9.64 Å². The predicted octanol–water partition coefficient (Wildman–Crippen LogP) is 1.22. The van der Waals surface area contributed by atoms with Gasteiger partial charge >= 0.3 is 6.09 Å². The van der Waals surface area contributed by atoms with Crippen molar-refractivity contribution in [3.05, 3.63) is 18.3 Å². The summed E-state index contributed by atoms with van der Waals surface area (Å²) < 4.78 is 30.8. The number of hydrogen-bond donors (Lipinski definition) is 1. The Labute approximate surface area is 164 Å². The molecule has 4 rings (SSSR count). The second-order valence-corrected chi connectivity index (χ2v) is 9.77. The quantitative estimate of drug-likeness (QED) is 0.796. The van der Waals surface area contributed by atoms with Crippen molar-refractivity contribution in [3.8, 4) is 5.88 Å². The van der Waals surface area contributed by atoms with Crippen LogP contribution in [-0.2, 0) is 10.0 Å². The highest BCUT2D eigenvalue weighted by Gasteiger charge is 2.44. The second-order valence-electron chi connectivity index (χ2n) is 7.79. The SMILES string of the molecule is CS(=O)(=O)N1CCN(c2ccc(OC3C[C@H]4CC[C@@H](C3)N4C(=O)O)nc2)CC1. The van der Waals surface area contributed by atoms with E-state index in [9.17, 15) is 18.3 Å². The molecule has 28 heavy (non-hydrogen) atoms. The molecular weight excluding hydrogens is 384 g/mol. The molecule has 1 amide bonds. The van der Waals surface area contributed by atoms with Gasteiger partial charge in [-0.25, -0.2) is 18.2 Å². The lowest BCUT2D eigenvalue weighted by Crippen LogP contribution is -2.48. The lowest BCUT2D eigenvalue weighted by atomic mass is 10.0. The van der Waals surface area contributed by atoms with Crippen LogP contribution in [0, 0.1) is 0 Å². The van der Waals surface area contributed by atoms with Crippen LogP contribution in [0.15, 0.2) is 18.3 Å². The number of sulfonamides is 1. The molecule has 3 saturated heterocycles. The normalized spacial score (nSPS) is 28.4. The smallest absolute Gasteiger partial charge is 0.407 e. The number of rotatable bonds is 4. The Hall–Kier alpha value is -2.07. The molecule has 1 N–H and O–H groups in total. The zero-order valence-corrected chi connectivity index (χ0v) is 16.7. The topological polar surface area (TPSA) is 103 Å². The Morgan fingerprint density at radius 1 is 1.14 bits per heavy atom. The summed E-state index contributed by atoms with van der Waals surface area (Å²) in [6.07, 6.45) is 5.38. The molecule has 1 unspecified atom stereocenters. The molecule has 0 radical (unpaired) electrons. The van der Waals surface area contributed by atoms with E-state index in [1.165, 1.54) is 10.6 Å². The molecule has 3 fully saturated rings. The van der Waals surface area contributed by atoms with Crippen LogP contribution in [0.4, 0.5) is 10.5 Å². The largest absolute Gasteiger partial charge is 0.474 e. The van der Waals surface area contributed by atoms with Crippen molar-refractivity contribution in [3.63, 3.8) is 0 Å². The summed E-state index contributed by atoms with van der Waals surface area (Å²) in [4.78, 5) is 19.5. The molecule has 0 saturated carbocycles. The van der Waals surface area contributed by atoms with Gasteiger partial charge in [0.1, 0.15) is 6.10 Å². The Bertz CT molecular complexity index is 809. The molecule has 3 atom stereocenters. The van der Waals surface area contributed by atoms with Gasteiger partial charge in [0.2, 0.25) is 15.9 Å². The maximum absolute atomic E-state index is 11.6. The van der Waals surface area contributed by atoms with E-state index < -0.39 is 16.1 Å². The number of ether oxygens (including phenoxy) is 1. The maximum atomic E-state index is 11.6. The Morgan fingerprint density at radius 3 is 2.29 bits per heavy atom. The summed E-state index contributed by atoms with van der Waals surface area (Å²) >= 11 is 0. The van der Waals surface area contributed by atoms with E-state index in [-0.39, 0.29) is 18.2 Å². The highest BCUT2D eigenvalue weighted by atomic mass is 32.2. The first-order valence-electron chi connectivity index (χ1n) is 9.65. The summed E-state index contributed by atoms with van der Waals surface area (Å²) in [6, 6.07) is 3.88. The van der Waals surface area contributed by atoms with Gasteiger partial charge in [0, 0.05) is 57.2 Å². The summed E-state index contributed by atoms with van der Waals surface area (Å²) in [5.41, 5.74) is 0.946. The van der Waals surface area contributed by atoms with E-state index in [4.69, 9.17) is 4.74 Å². The molecular formula is C18H26N4O5S. The Balaban J connectivity index is 1.33. The first-order chi connectivity index (χ1) is 13.3. The highest BCUT2D eigenvalue weighted by molar-refractivity contribution is 7.88. The van der Waals surface area contributed by atoms with Gasteiger partial charge in [-0.3, -0.25) is 0 Å². The highest BCUT2D eigenvalue weighted by Crippen LogP contribution is 2.37. The zero-order valence-electron chi connectivity index (χ0n) is 15.9. The van der Waals surface area contributed by atoms with Gasteiger partial charge in [-0.2, -0.15) is 4.31 Å². The number of anilines is 1. The van der Waals surface area contributed by atoms with Gasteiger partial charge in [-0.1, -0.05) is 0 Å². The molecule has 0 spiro atoms. The monoisotopic (exact) mass is 410 g/mol. The molecule has 4 heterocycles. The summed E-state index contributed by atoms with van der Waals surface area (Å²) in [6.45, 7) is 2.21. The van der Waals surface area contributed by atoms with E-state index in [0.717, 1.165) is 18.5 Å². The first kappa shape index (κ1) is 19.3. The van der Waals surface area contributed by atoms with E-state index in [1.807, 2.05) is 12.1 Å². The van der Waals surface area contributed by atoms with Gasteiger partial charge in [-0.05, 0) is 18.9 Å². The summed E-state index contributed by atoms with van der Waals surface area (Å²) in [7, 11) is -3.14. The van der Waals surface area contributed by atoms with Crippen molar-refractivity contribution < 1.29 is 23.1 Å². The van der Waals surface area contributed by atoms with Crippen LogP contribution in [0.5, 0.6) is 5.88 Å². The van der Waals surface area contributed by atoms with Crippen molar-refractivity contribution >= 4 is 21.8 Å². The molecule has 10 heteroatoms. The minimum absolute atomic E-state index is 0.00949. The number of nitrogens with zero attached hydrogens (tertiary/aromatic N) is 4. The van der Waals surface area contributed by atoms with Crippen LogP contribution in [0.2, 0.25) is 0 Å². The molecule has 1 aromatic rings. The summed E-state index contributed by atoms with van der Waals surface area (Å²) in [5.74, 6) is 0.548. The van der Waals surface area contributed by atoms with E-state index >= 15 is 0 Å². The predicted molar refractivity (Wildman–Crippen MR) is 103 cm³/mol. The maximum Gasteiger partial charge on any atom is 0.407 e. The molecule has 9 nitrogen and oxygen atoms in total. The molecule has 2 bridgehead atoms. The van der Waals surface area contributed by atoms with Gasteiger partial charge in [0.05, 0.1) is 18.1 Å². The second kappa shape index (κ2) is 7.40. The number of piperidine rings is 1. The fraction of sp³-hybridized carbons (Fsp3) is 0.667. The van der Waals surface area contributed by atoms with Gasteiger partial charge in [-0.15, -0.1) is 0 Å². The average molecular weight is 410 g/mol. The number of amides is 1. The molecule has 0 aromatic carbocycles. The number of fused-ring (bicyclic) bond motifs is 2. The van der Waals surface area contributed by atoms with Crippen molar-refractivity contribution in [2.45, 2.75) is 43.9 Å². The minimum atomic E-state index is -3.14. The van der Waals surface area contributed by atoms with Crippen molar-refractivity contribution in [2.24, 2.45) is 0 Å². The fourth-order valence-corrected chi connectivity index (χ4v) is 5.44. The van der Waals surface area contributed by atoms with E-state index in [2.05, 4.69) is 9.88 Å². The number of piperazine rings is 1. The van der Waals surface area contributed by atoms with Gasteiger partial charge < -0.3 is 19.6 Å². The number of hydrogen-bond acceptors (Lipinski definition) is 6. The van der Waals surface area contributed by atoms with Gasteiger partial charge in [0.25, 0.3) is 0 Å². The van der Waals surface area contributed by atoms with Gasteiger partial charge in [0.15, 0.2) is 0 Å². The molecule has 3 aliphatic heterocycles. The first-order valence-corrected chi connectivity index (χ1v) is 11.5. The van der Waals surface area contributed by atoms with Crippen LogP contribution in [0.3, 0.4) is 0 Å². The summed E-state index contributed by atoms with van der Waals surface area (Å²) in [5, 5.41) is 9.34. The minimum Gasteiger partial charge on any atom is -0.474 e. The molecule has 154 valence electrons. The number of carboxylic acid groups (broad SMARTS) is 1. The lowest BCUT2D eigenvalue weighted by Gasteiger charge is -2.37. The van der Waals surface area contributed by atoms with Crippen molar-refractivity contribution in [2.75, 3.05) is 37.3 Å². The Morgan fingerprint density at radius 2 is 1.79 bits per heavy atom. The molecule has 0 aliphatic carbocycles. The molecule has 3 aliphatic rings. The standard InChI is InChI=1S/C18H26N4O5S/c1-28(25,26)21-8-6-20(7-9-21)15-4-5-17(19-12-15)27-16-10-13-2-3-14(11-16)22(13)18(23)24/h4-5,12-14,16H,2-3,6-11H2,1H3,(H,23,24)/t13-,14+,16?. The lowest BCUT2D eigenvalue weighted by molar-refractivity contribution is 0.0477. The van der Waals surface area contributed by atoms with E-state index in [0.29, 0.717) is 44.9 Å².